The van der Waals surface area contributed by atoms with Gasteiger partial charge in [-0.3, -0.25) is 13.8 Å². The van der Waals surface area contributed by atoms with Gasteiger partial charge in [0.25, 0.3) is 0 Å². The molecule has 4 unspecified atom stereocenters. The van der Waals surface area contributed by atoms with E-state index < -0.39 is 32.0 Å². The van der Waals surface area contributed by atoms with Crippen LogP contribution in [0.4, 0.5) is 0 Å². The van der Waals surface area contributed by atoms with E-state index in [2.05, 4.69) is 31.3 Å². The molecule has 0 aromatic carbocycles. The molecule has 0 spiro atoms. The van der Waals surface area contributed by atoms with E-state index in [1.807, 2.05) is 0 Å². The third kappa shape index (κ3) is 36.2. The second-order valence-corrected chi connectivity index (χ2v) is 16.6. The maximum absolute atomic E-state index is 12.8. The highest BCUT2D eigenvalue weighted by atomic mass is 31.2. The summed E-state index contributed by atoms with van der Waals surface area (Å²) in [6.07, 6.45) is 38.2. The van der Waals surface area contributed by atoms with Gasteiger partial charge < -0.3 is 26.2 Å². The molecule has 0 bridgehead atoms. The first-order chi connectivity index (χ1) is 25.3. The smallest absolute Gasteiger partial charge is 0.393 e. The number of nitrogens with one attached hydrogen (secondary N) is 1. The number of carbonyl (C=O) groups is 1. The first-order valence-corrected chi connectivity index (χ1v) is 23.4. The summed E-state index contributed by atoms with van der Waals surface area (Å²) in [5, 5.41) is 24.2. The van der Waals surface area contributed by atoms with Crippen LogP contribution in [0.25, 0.3) is 0 Å². The third-order valence-corrected chi connectivity index (χ3v) is 10.9. The lowest BCUT2D eigenvalue weighted by Crippen LogP contribution is -2.47. The number of hydrogen-bond donors (Lipinski definition) is 5. The molecule has 0 heterocycles. The van der Waals surface area contributed by atoms with Crippen molar-refractivity contribution in [3.63, 3.8) is 0 Å². The van der Waals surface area contributed by atoms with Gasteiger partial charge in [-0.25, -0.2) is 4.57 Å². The van der Waals surface area contributed by atoms with Gasteiger partial charge in [-0.1, -0.05) is 180 Å². The van der Waals surface area contributed by atoms with Crippen LogP contribution >= 0.6 is 7.82 Å². The van der Waals surface area contributed by atoms with E-state index in [-0.39, 0.29) is 26.2 Å². The summed E-state index contributed by atoms with van der Waals surface area (Å²) in [6.45, 7) is 4.04. The average Bonchev–Trinajstić information content (AvgIpc) is 3.12. The highest BCUT2D eigenvalue weighted by Crippen LogP contribution is 2.43. The van der Waals surface area contributed by atoms with Crippen LogP contribution in [-0.2, 0) is 18.4 Å². The Morgan fingerprint density at radius 1 is 0.635 bits per heavy atom. The Hall–Kier alpha value is -0.800. The summed E-state index contributed by atoms with van der Waals surface area (Å²) >= 11 is 0. The van der Waals surface area contributed by atoms with Gasteiger partial charge in [0.15, 0.2) is 0 Å². The molecular weight excluding hydrogens is 675 g/mol. The fourth-order valence-electron chi connectivity index (χ4n) is 6.59. The number of allylic oxidation sites excluding steroid dienone is 2. The fourth-order valence-corrected chi connectivity index (χ4v) is 7.35. The molecule has 0 fully saturated rings. The van der Waals surface area contributed by atoms with Crippen molar-refractivity contribution in [2.45, 2.75) is 231 Å². The summed E-state index contributed by atoms with van der Waals surface area (Å²) < 4.78 is 22.1. The van der Waals surface area contributed by atoms with Crippen molar-refractivity contribution in [2.24, 2.45) is 5.73 Å². The van der Waals surface area contributed by atoms with E-state index in [9.17, 15) is 24.5 Å². The fraction of sp³-hybridized carbons (Fsp3) is 0.929. The van der Waals surface area contributed by atoms with Gasteiger partial charge in [0, 0.05) is 6.54 Å². The molecule has 0 saturated carbocycles. The first-order valence-electron chi connectivity index (χ1n) is 21.9. The predicted molar refractivity (Wildman–Crippen MR) is 218 cm³/mol. The number of nitrogens with two attached hydrogens (primary N) is 1. The van der Waals surface area contributed by atoms with E-state index in [1.54, 1.807) is 0 Å². The minimum absolute atomic E-state index is 0.0599. The lowest BCUT2D eigenvalue weighted by Gasteiger charge is -2.25. The molecular formula is C42H85N2O7P. The Morgan fingerprint density at radius 2 is 1.04 bits per heavy atom. The van der Waals surface area contributed by atoms with Crippen molar-refractivity contribution in [1.82, 2.24) is 5.32 Å². The zero-order valence-electron chi connectivity index (χ0n) is 33.9. The Balaban J connectivity index is 4.25. The molecule has 0 aliphatic heterocycles. The van der Waals surface area contributed by atoms with E-state index >= 15 is 0 Å². The molecule has 1 amide bonds. The largest absolute Gasteiger partial charge is 0.472 e. The van der Waals surface area contributed by atoms with Crippen molar-refractivity contribution in [3.8, 4) is 0 Å². The van der Waals surface area contributed by atoms with Crippen molar-refractivity contribution in [2.75, 3.05) is 19.8 Å². The number of unbranched alkanes of at least 4 members (excludes halogenated alkanes) is 25. The Morgan fingerprint density at radius 3 is 1.48 bits per heavy atom. The zero-order chi connectivity index (χ0) is 38.4. The highest BCUT2D eigenvalue weighted by Gasteiger charge is 2.28. The van der Waals surface area contributed by atoms with Gasteiger partial charge in [0.2, 0.25) is 5.91 Å². The molecule has 9 nitrogen and oxygen atoms in total. The quantitative estimate of drug-likeness (QED) is 0.0235. The molecule has 10 heteroatoms. The van der Waals surface area contributed by atoms with Gasteiger partial charge in [-0.15, -0.1) is 0 Å². The SMILES string of the molecule is CCCCCCCCCC/C=C\CCCCCCCC(O)CC(=O)NC(COP(=O)(O)OCCN)C(O)CCCCCCCCCCCCCCC. The standard InChI is InChI=1S/C42H85N2O7P/c1-3-5-7-9-11-13-15-17-18-19-20-22-23-25-27-29-31-33-39(45)37-42(47)44-40(38-51-52(48,49)50-36-35-43)41(46)34-32-30-28-26-24-21-16-14-12-10-8-6-4-2/h19-20,39-41,45-46H,3-18,21-38,43H2,1-2H3,(H,44,47)(H,48,49)/b20-19-. The summed E-state index contributed by atoms with van der Waals surface area (Å²) in [4.78, 5) is 22.8. The van der Waals surface area contributed by atoms with Crippen molar-refractivity contribution in [1.29, 1.82) is 0 Å². The summed E-state index contributed by atoms with van der Waals surface area (Å²) in [6, 6.07) is -0.895. The Bertz CT molecular complexity index is 847. The Kier molecular flexibility index (Phi) is 37.9. The number of amides is 1. The number of rotatable bonds is 41. The molecule has 0 radical (unpaired) electrons. The normalized spacial score (nSPS) is 14.8. The molecule has 4 atom stereocenters. The first kappa shape index (κ1) is 51.2. The van der Waals surface area contributed by atoms with Gasteiger partial charge >= 0.3 is 7.82 Å². The lowest BCUT2D eigenvalue weighted by atomic mass is 10.0. The predicted octanol–water partition coefficient (Wildman–Crippen LogP) is 11.0. The van der Waals surface area contributed by atoms with Crippen LogP contribution in [0.15, 0.2) is 12.2 Å². The van der Waals surface area contributed by atoms with E-state index in [0.29, 0.717) is 12.8 Å². The van der Waals surface area contributed by atoms with Gasteiger partial charge in [-0.05, 0) is 38.5 Å². The van der Waals surface area contributed by atoms with Crippen LogP contribution in [0.3, 0.4) is 0 Å². The van der Waals surface area contributed by atoms with Crippen molar-refractivity contribution < 1.29 is 33.5 Å². The van der Waals surface area contributed by atoms with Crippen LogP contribution in [-0.4, -0.2) is 59.0 Å². The number of aliphatic hydroxyl groups is 2. The molecule has 52 heavy (non-hydrogen) atoms. The van der Waals surface area contributed by atoms with Crippen molar-refractivity contribution >= 4 is 13.7 Å². The molecule has 310 valence electrons. The lowest BCUT2D eigenvalue weighted by molar-refractivity contribution is -0.125. The summed E-state index contributed by atoms with van der Waals surface area (Å²) in [5.74, 6) is -0.417. The molecule has 0 aromatic rings. The van der Waals surface area contributed by atoms with E-state index in [4.69, 9.17) is 14.8 Å². The number of carbonyl (C=O) groups excluding carboxylic acids is 1. The summed E-state index contributed by atoms with van der Waals surface area (Å²) in [5.41, 5.74) is 5.36. The maximum atomic E-state index is 12.8. The number of phosphoric acid groups is 1. The molecule has 0 saturated heterocycles. The topological polar surface area (TPSA) is 151 Å². The van der Waals surface area contributed by atoms with Gasteiger partial charge in [0.05, 0.1) is 37.9 Å². The maximum Gasteiger partial charge on any atom is 0.472 e. The van der Waals surface area contributed by atoms with Crippen LogP contribution in [0.2, 0.25) is 0 Å². The molecule has 0 aliphatic rings. The number of hydrogen-bond acceptors (Lipinski definition) is 7. The second-order valence-electron chi connectivity index (χ2n) is 15.1. The second kappa shape index (κ2) is 38.5. The van der Waals surface area contributed by atoms with E-state index in [1.165, 1.54) is 135 Å². The van der Waals surface area contributed by atoms with Crippen LogP contribution in [0.1, 0.15) is 213 Å². The Labute approximate surface area is 320 Å². The molecule has 6 N–H and O–H groups in total. The molecule has 0 aromatic heterocycles. The summed E-state index contributed by atoms with van der Waals surface area (Å²) in [7, 11) is -4.37. The zero-order valence-corrected chi connectivity index (χ0v) is 34.8. The van der Waals surface area contributed by atoms with Gasteiger partial charge in [-0.2, -0.15) is 0 Å². The minimum Gasteiger partial charge on any atom is -0.393 e. The van der Waals surface area contributed by atoms with Crippen LogP contribution in [0, 0.1) is 0 Å². The number of aliphatic hydroxyl groups excluding tert-OH is 2. The molecule has 0 aliphatic carbocycles. The average molecular weight is 761 g/mol. The minimum atomic E-state index is -4.37. The highest BCUT2D eigenvalue weighted by molar-refractivity contribution is 7.47. The van der Waals surface area contributed by atoms with Crippen LogP contribution < -0.4 is 11.1 Å². The number of phosphoric ester groups is 1. The van der Waals surface area contributed by atoms with Gasteiger partial charge in [0.1, 0.15) is 0 Å². The monoisotopic (exact) mass is 761 g/mol. The third-order valence-electron chi connectivity index (χ3n) is 9.92. The van der Waals surface area contributed by atoms with E-state index in [0.717, 1.165) is 44.9 Å². The molecule has 0 rings (SSSR count). The van der Waals surface area contributed by atoms with Crippen LogP contribution in [0.5, 0.6) is 0 Å². The van der Waals surface area contributed by atoms with Crippen molar-refractivity contribution in [3.05, 3.63) is 12.2 Å².